The Morgan fingerprint density at radius 3 is 2.93 bits per heavy atom. The first-order valence-electron chi connectivity index (χ1n) is 5.58. The molecule has 2 nitrogen and oxygen atoms in total. The van der Waals surface area contributed by atoms with E-state index in [0.717, 1.165) is 17.9 Å². The number of pyridine rings is 1. The van der Waals surface area contributed by atoms with Gasteiger partial charge in [0.1, 0.15) is 5.82 Å². The molecule has 82 valence electrons. The molecule has 1 aromatic heterocycles. The minimum atomic E-state index is -0.198. The highest BCUT2D eigenvalue weighted by Gasteiger charge is 2.23. The molecule has 1 aromatic rings. The molecule has 0 spiro atoms. The first-order chi connectivity index (χ1) is 7.31. The number of hydrogen-bond acceptors (Lipinski definition) is 2. The zero-order chi connectivity index (χ0) is 10.7. The molecule has 0 aromatic carbocycles. The Hall–Kier alpha value is -0.960. The minimum absolute atomic E-state index is 0.137. The molecule has 15 heavy (non-hydrogen) atoms. The molecule has 0 bridgehead atoms. The van der Waals surface area contributed by atoms with Crippen LogP contribution in [0.1, 0.15) is 37.3 Å². The van der Waals surface area contributed by atoms with E-state index in [0.29, 0.717) is 0 Å². The Morgan fingerprint density at radius 2 is 2.40 bits per heavy atom. The number of aromatic nitrogens is 1. The molecule has 0 aliphatic heterocycles. The fourth-order valence-electron chi connectivity index (χ4n) is 2.13. The minimum Gasteiger partial charge on any atom is -0.313 e. The summed E-state index contributed by atoms with van der Waals surface area (Å²) < 4.78 is 13.5. The standard InChI is InChI=1S/C12H17FN2/c1-14-12(7-9-3-2-4-9)10-5-6-15-8-11(10)13/h5-6,8-9,12,14H,2-4,7H2,1H3. The van der Waals surface area contributed by atoms with Gasteiger partial charge >= 0.3 is 0 Å². The fraction of sp³-hybridized carbons (Fsp3) is 0.583. The maximum absolute atomic E-state index is 13.5. The molecule has 1 heterocycles. The van der Waals surface area contributed by atoms with Gasteiger partial charge in [-0.05, 0) is 25.5 Å². The first-order valence-corrected chi connectivity index (χ1v) is 5.58. The van der Waals surface area contributed by atoms with Gasteiger partial charge in [-0.3, -0.25) is 4.98 Å². The first kappa shape index (κ1) is 10.6. The summed E-state index contributed by atoms with van der Waals surface area (Å²) in [6.07, 6.45) is 7.91. The summed E-state index contributed by atoms with van der Waals surface area (Å²) in [5.74, 6) is 0.575. The molecule has 1 fully saturated rings. The molecule has 1 atom stereocenters. The van der Waals surface area contributed by atoms with E-state index in [-0.39, 0.29) is 11.9 Å². The lowest BCUT2D eigenvalue weighted by Crippen LogP contribution is -2.24. The van der Waals surface area contributed by atoms with Crippen molar-refractivity contribution in [1.82, 2.24) is 10.3 Å². The molecular weight excluding hydrogens is 191 g/mol. The van der Waals surface area contributed by atoms with Crippen molar-refractivity contribution in [1.29, 1.82) is 0 Å². The van der Waals surface area contributed by atoms with Crippen LogP contribution >= 0.6 is 0 Å². The molecule has 3 heteroatoms. The van der Waals surface area contributed by atoms with Crippen molar-refractivity contribution < 1.29 is 4.39 Å². The SMILES string of the molecule is CNC(CC1CCC1)c1ccncc1F. The zero-order valence-corrected chi connectivity index (χ0v) is 9.04. The fourth-order valence-corrected chi connectivity index (χ4v) is 2.13. The molecule has 1 unspecified atom stereocenters. The Bertz CT molecular complexity index is 323. The monoisotopic (exact) mass is 208 g/mol. The molecule has 0 amide bonds. The van der Waals surface area contributed by atoms with Gasteiger partial charge in [0.05, 0.1) is 6.20 Å². The van der Waals surface area contributed by atoms with E-state index >= 15 is 0 Å². The lowest BCUT2D eigenvalue weighted by molar-refractivity contribution is 0.263. The summed E-state index contributed by atoms with van der Waals surface area (Å²) in [6, 6.07) is 1.91. The number of nitrogens with zero attached hydrogens (tertiary/aromatic N) is 1. The van der Waals surface area contributed by atoms with E-state index in [4.69, 9.17) is 0 Å². The third-order valence-corrected chi connectivity index (χ3v) is 3.32. The largest absolute Gasteiger partial charge is 0.313 e. The Balaban J connectivity index is 2.07. The summed E-state index contributed by atoms with van der Waals surface area (Å²) in [6.45, 7) is 0. The Labute approximate surface area is 89.9 Å². The summed E-state index contributed by atoms with van der Waals surface area (Å²) in [7, 11) is 1.89. The molecule has 1 aliphatic carbocycles. The lowest BCUT2D eigenvalue weighted by Gasteiger charge is -2.29. The van der Waals surface area contributed by atoms with E-state index < -0.39 is 0 Å². The van der Waals surface area contributed by atoms with Gasteiger partial charge in [0.25, 0.3) is 0 Å². The smallest absolute Gasteiger partial charge is 0.146 e. The van der Waals surface area contributed by atoms with Crippen molar-refractivity contribution in [3.05, 3.63) is 29.8 Å². The maximum Gasteiger partial charge on any atom is 0.146 e. The van der Waals surface area contributed by atoms with Crippen LogP contribution < -0.4 is 5.32 Å². The van der Waals surface area contributed by atoms with Gasteiger partial charge < -0.3 is 5.32 Å². The summed E-state index contributed by atoms with van der Waals surface area (Å²) in [5.41, 5.74) is 0.749. The second-order valence-electron chi connectivity index (χ2n) is 4.27. The van der Waals surface area contributed by atoms with Crippen LogP contribution in [0.4, 0.5) is 4.39 Å². The molecule has 2 rings (SSSR count). The van der Waals surface area contributed by atoms with Gasteiger partial charge in [0.15, 0.2) is 0 Å². The predicted molar refractivity (Wildman–Crippen MR) is 58.0 cm³/mol. The normalized spacial score (nSPS) is 18.5. The quantitative estimate of drug-likeness (QED) is 0.822. The predicted octanol–water partition coefficient (Wildman–Crippen LogP) is 2.67. The molecule has 0 radical (unpaired) electrons. The summed E-state index contributed by atoms with van der Waals surface area (Å²) in [4.78, 5) is 3.77. The van der Waals surface area contributed by atoms with Crippen molar-refractivity contribution in [2.24, 2.45) is 5.92 Å². The maximum atomic E-state index is 13.5. The second kappa shape index (κ2) is 4.71. The van der Waals surface area contributed by atoms with Gasteiger partial charge in [-0.1, -0.05) is 19.3 Å². The highest BCUT2D eigenvalue weighted by molar-refractivity contribution is 5.17. The third-order valence-electron chi connectivity index (χ3n) is 3.32. The number of nitrogens with one attached hydrogen (secondary N) is 1. The van der Waals surface area contributed by atoms with Crippen LogP contribution in [0.15, 0.2) is 18.5 Å². The van der Waals surface area contributed by atoms with Crippen LogP contribution in [0.3, 0.4) is 0 Å². The average Bonchev–Trinajstić information content (AvgIpc) is 2.19. The highest BCUT2D eigenvalue weighted by Crippen LogP contribution is 2.34. The average molecular weight is 208 g/mol. The van der Waals surface area contributed by atoms with Crippen LogP contribution in [0.2, 0.25) is 0 Å². The summed E-state index contributed by atoms with van der Waals surface area (Å²) in [5, 5.41) is 3.19. The van der Waals surface area contributed by atoms with Crippen LogP contribution in [0, 0.1) is 11.7 Å². The van der Waals surface area contributed by atoms with Crippen molar-refractivity contribution in [2.75, 3.05) is 7.05 Å². The van der Waals surface area contributed by atoms with Gasteiger partial charge in [0.2, 0.25) is 0 Å². The van der Waals surface area contributed by atoms with Gasteiger partial charge in [-0.15, -0.1) is 0 Å². The second-order valence-corrected chi connectivity index (χ2v) is 4.27. The highest BCUT2D eigenvalue weighted by atomic mass is 19.1. The number of halogens is 1. The Morgan fingerprint density at radius 1 is 1.60 bits per heavy atom. The van der Waals surface area contributed by atoms with E-state index in [2.05, 4.69) is 10.3 Å². The van der Waals surface area contributed by atoms with Crippen LogP contribution in [0.5, 0.6) is 0 Å². The van der Waals surface area contributed by atoms with Crippen molar-refractivity contribution in [2.45, 2.75) is 31.7 Å². The van der Waals surface area contributed by atoms with E-state index in [1.807, 2.05) is 7.05 Å². The third kappa shape index (κ3) is 2.34. The van der Waals surface area contributed by atoms with Gasteiger partial charge in [0, 0.05) is 17.8 Å². The van der Waals surface area contributed by atoms with Gasteiger partial charge in [-0.2, -0.15) is 0 Å². The Kier molecular flexibility index (Phi) is 3.31. The van der Waals surface area contributed by atoms with Crippen molar-refractivity contribution in [3.63, 3.8) is 0 Å². The van der Waals surface area contributed by atoms with E-state index in [9.17, 15) is 4.39 Å². The van der Waals surface area contributed by atoms with Crippen molar-refractivity contribution >= 4 is 0 Å². The van der Waals surface area contributed by atoms with Gasteiger partial charge in [-0.25, -0.2) is 4.39 Å². The van der Waals surface area contributed by atoms with E-state index in [1.165, 1.54) is 25.5 Å². The lowest BCUT2D eigenvalue weighted by atomic mass is 9.79. The summed E-state index contributed by atoms with van der Waals surface area (Å²) >= 11 is 0. The molecule has 1 saturated carbocycles. The molecule has 0 saturated heterocycles. The van der Waals surface area contributed by atoms with Crippen LogP contribution in [0.25, 0.3) is 0 Å². The zero-order valence-electron chi connectivity index (χ0n) is 9.04. The molecule has 1 N–H and O–H groups in total. The van der Waals surface area contributed by atoms with Crippen LogP contribution in [-0.4, -0.2) is 12.0 Å². The molecule has 1 aliphatic rings. The number of hydrogen-bond donors (Lipinski definition) is 1. The molecular formula is C12H17FN2. The number of rotatable bonds is 4. The van der Waals surface area contributed by atoms with E-state index in [1.54, 1.807) is 12.3 Å². The topological polar surface area (TPSA) is 24.9 Å². The van der Waals surface area contributed by atoms with Crippen molar-refractivity contribution in [3.8, 4) is 0 Å². The van der Waals surface area contributed by atoms with Crippen LogP contribution in [-0.2, 0) is 0 Å².